The number of hydrogen-bond donors (Lipinski definition) is 0. The first-order valence-electron chi connectivity index (χ1n) is 9.25. The van der Waals surface area contributed by atoms with E-state index in [1.807, 2.05) is 52.8 Å². The van der Waals surface area contributed by atoms with Crippen molar-refractivity contribution < 1.29 is 19.6 Å². The number of hydrogen-bond acceptors (Lipinski definition) is 5. The summed E-state index contributed by atoms with van der Waals surface area (Å²) in [6.07, 6.45) is 5.79. The molecule has 144 valence electrons. The van der Waals surface area contributed by atoms with Gasteiger partial charge in [0.05, 0.1) is 11.2 Å². The Balaban J connectivity index is 2.65. The smallest absolute Gasteiger partial charge is 0.231 e. The summed E-state index contributed by atoms with van der Waals surface area (Å²) in [6.45, 7) is 13.9. The molecule has 0 bridgehead atoms. The third-order valence-electron chi connectivity index (χ3n) is 4.38. The molecular formula is C20H35NO4. The van der Waals surface area contributed by atoms with Gasteiger partial charge in [0.2, 0.25) is 5.79 Å². The highest BCUT2D eigenvalue weighted by molar-refractivity contribution is 5.03. The molecule has 5 nitrogen and oxygen atoms in total. The molecule has 0 radical (unpaired) electrons. The molecular weight excluding hydrogens is 318 g/mol. The fourth-order valence-corrected chi connectivity index (χ4v) is 1.75. The van der Waals surface area contributed by atoms with Crippen LogP contribution in [-0.2, 0) is 26.0 Å². The van der Waals surface area contributed by atoms with Crippen LogP contribution >= 0.6 is 0 Å². The van der Waals surface area contributed by atoms with Gasteiger partial charge in [-0.2, -0.15) is 9.78 Å². The second-order valence-electron chi connectivity index (χ2n) is 7.87. The maximum absolute atomic E-state index is 5.70. The molecule has 0 saturated heterocycles. The number of pyridine rings is 1. The zero-order chi connectivity index (χ0) is 19.0. The minimum Gasteiger partial charge on any atom is -0.261 e. The molecule has 0 N–H and O–H groups in total. The van der Waals surface area contributed by atoms with E-state index in [2.05, 4.69) is 18.8 Å². The van der Waals surface area contributed by atoms with Crippen molar-refractivity contribution in [3.8, 4) is 0 Å². The Bertz CT molecular complexity index is 468. The average molecular weight is 354 g/mol. The molecule has 0 fully saturated rings. The first-order valence-corrected chi connectivity index (χ1v) is 9.25. The van der Waals surface area contributed by atoms with Crippen LogP contribution in [0.1, 0.15) is 79.8 Å². The van der Waals surface area contributed by atoms with Crippen LogP contribution in [0.15, 0.2) is 24.4 Å². The van der Waals surface area contributed by atoms with Gasteiger partial charge in [0.1, 0.15) is 0 Å². The maximum Gasteiger partial charge on any atom is 0.231 e. The summed E-state index contributed by atoms with van der Waals surface area (Å²) in [5, 5.41) is 0. The van der Waals surface area contributed by atoms with Gasteiger partial charge < -0.3 is 0 Å². The van der Waals surface area contributed by atoms with Crippen LogP contribution in [0.4, 0.5) is 0 Å². The molecule has 25 heavy (non-hydrogen) atoms. The Labute approximate surface area is 152 Å². The van der Waals surface area contributed by atoms with E-state index in [0.29, 0.717) is 6.42 Å². The number of nitrogens with zero attached hydrogens (tertiary/aromatic N) is 1. The first-order chi connectivity index (χ1) is 11.6. The van der Waals surface area contributed by atoms with Crippen LogP contribution < -0.4 is 0 Å². The second-order valence-corrected chi connectivity index (χ2v) is 7.87. The summed E-state index contributed by atoms with van der Waals surface area (Å²) in [4.78, 5) is 27.0. The number of aryl methyl sites for hydroxylation is 1. The largest absolute Gasteiger partial charge is 0.261 e. The highest BCUT2D eigenvalue weighted by atomic mass is 17.3. The van der Waals surface area contributed by atoms with E-state index in [9.17, 15) is 0 Å². The van der Waals surface area contributed by atoms with E-state index in [0.717, 1.165) is 31.4 Å². The Morgan fingerprint density at radius 3 is 1.84 bits per heavy atom. The molecule has 1 aromatic rings. The molecule has 5 heteroatoms. The van der Waals surface area contributed by atoms with Crippen LogP contribution in [-0.4, -0.2) is 22.0 Å². The van der Waals surface area contributed by atoms with Crippen molar-refractivity contribution in [1.82, 2.24) is 4.98 Å². The van der Waals surface area contributed by atoms with E-state index < -0.39 is 5.79 Å². The summed E-state index contributed by atoms with van der Waals surface area (Å²) in [7, 11) is 0. The molecule has 1 rings (SSSR count). The van der Waals surface area contributed by atoms with Gasteiger partial charge in [0.25, 0.3) is 0 Å². The van der Waals surface area contributed by atoms with Crippen molar-refractivity contribution >= 4 is 0 Å². The van der Waals surface area contributed by atoms with Gasteiger partial charge in [0.15, 0.2) is 0 Å². The van der Waals surface area contributed by atoms with Crippen molar-refractivity contribution in [2.75, 3.05) is 0 Å². The first kappa shape index (κ1) is 22.0. The molecule has 0 spiro atoms. The van der Waals surface area contributed by atoms with E-state index in [1.165, 1.54) is 0 Å². The van der Waals surface area contributed by atoms with E-state index in [4.69, 9.17) is 19.6 Å². The summed E-state index contributed by atoms with van der Waals surface area (Å²) >= 11 is 0. The topological polar surface area (TPSA) is 49.8 Å². The zero-order valence-corrected chi connectivity index (χ0v) is 16.9. The lowest BCUT2D eigenvalue weighted by Crippen LogP contribution is -2.39. The molecule has 0 aliphatic carbocycles. The van der Waals surface area contributed by atoms with E-state index >= 15 is 0 Å². The summed E-state index contributed by atoms with van der Waals surface area (Å²) < 4.78 is 0. The predicted octanol–water partition coefficient (Wildman–Crippen LogP) is 5.39. The second kappa shape index (κ2) is 9.62. The summed E-state index contributed by atoms with van der Waals surface area (Å²) in [6, 6.07) is 5.93. The fourth-order valence-electron chi connectivity index (χ4n) is 1.75. The van der Waals surface area contributed by atoms with Gasteiger partial charge in [0, 0.05) is 18.3 Å². The normalized spacial score (nSPS) is 13.2. The minimum absolute atomic E-state index is 0.383. The molecule has 0 saturated carbocycles. The van der Waals surface area contributed by atoms with E-state index in [1.54, 1.807) is 6.20 Å². The Hall–Kier alpha value is -1.01. The molecule has 0 amide bonds. The van der Waals surface area contributed by atoms with Crippen molar-refractivity contribution in [2.24, 2.45) is 0 Å². The van der Waals surface area contributed by atoms with Crippen molar-refractivity contribution in [1.29, 1.82) is 0 Å². The van der Waals surface area contributed by atoms with E-state index in [-0.39, 0.29) is 11.2 Å². The molecule has 1 heterocycles. The van der Waals surface area contributed by atoms with Crippen LogP contribution in [0.3, 0.4) is 0 Å². The lowest BCUT2D eigenvalue weighted by Gasteiger charge is -2.34. The zero-order valence-electron chi connectivity index (χ0n) is 16.9. The molecule has 0 unspecified atom stereocenters. The monoisotopic (exact) mass is 353 g/mol. The lowest BCUT2D eigenvalue weighted by atomic mass is 10.1. The molecule has 0 aliphatic heterocycles. The lowest BCUT2D eigenvalue weighted by molar-refractivity contribution is -0.540. The van der Waals surface area contributed by atoms with Gasteiger partial charge in [-0.1, -0.05) is 19.9 Å². The quantitative estimate of drug-likeness (QED) is 0.286. The SMILES string of the molecule is CCC(C)(C)OOC(C)(CCCc1ccccn1)OOC(C)(C)CC. The predicted molar refractivity (Wildman–Crippen MR) is 98.7 cm³/mol. The maximum atomic E-state index is 5.70. The molecule has 0 aliphatic rings. The van der Waals surface area contributed by atoms with Gasteiger partial charge >= 0.3 is 0 Å². The standard InChI is InChI=1S/C20H35NO4/c1-8-18(3,4)22-24-20(7,25-23-19(5,6)9-2)15-12-14-17-13-10-11-16-21-17/h10-11,13,16H,8-9,12,14-15H2,1-7H3. The Morgan fingerprint density at radius 1 is 0.840 bits per heavy atom. The van der Waals surface area contributed by atoms with Gasteiger partial charge in [-0.25, -0.2) is 9.78 Å². The Kier molecular flexibility index (Phi) is 8.48. The molecule has 0 aromatic carbocycles. The number of rotatable bonds is 12. The highest BCUT2D eigenvalue weighted by Gasteiger charge is 2.34. The average Bonchev–Trinajstić information content (AvgIpc) is 2.60. The van der Waals surface area contributed by atoms with Crippen LogP contribution in [0.25, 0.3) is 0 Å². The van der Waals surface area contributed by atoms with Crippen molar-refractivity contribution in [2.45, 2.75) is 97.6 Å². The number of aromatic nitrogens is 1. The van der Waals surface area contributed by atoms with Gasteiger partial charge in [-0.05, 0) is 72.4 Å². The highest BCUT2D eigenvalue weighted by Crippen LogP contribution is 2.28. The Morgan fingerprint density at radius 2 is 1.40 bits per heavy atom. The molecule has 1 aromatic heterocycles. The van der Waals surface area contributed by atoms with Crippen LogP contribution in [0.5, 0.6) is 0 Å². The third kappa shape index (κ3) is 8.77. The fraction of sp³-hybridized carbons (Fsp3) is 0.750. The van der Waals surface area contributed by atoms with Crippen molar-refractivity contribution in [3.63, 3.8) is 0 Å². The third-order valence-corrected chi connectivity index (χ3v) is 4.38. The van der Waals surface area contributed by atoms with Gasteiger partial charge in [-0.3, -0.25) is 4.98 Å². The minimum atomic E-state index is -0.979. The van der Waals surface area contributed by atoms with Crippen molar-refractivity contribution in [3.05, 3.63) is 30.1 Å². The van der Waals surface area contributed by atoms with Gasteiger partial charge in [-0.15, -0.1) is 0 Å². The summed E-state index contributed by atoms with van der Waals surface area (Å²) in [5.41, 5.74) is 0.284. The van der Waals surface area contributed by atoms with Crippen LogP contribution in [0.2, 0.25) is 0 Å². The van der Waals surface area contributed by atoms with Crippen LogP contribution in [0, 0.1) is 0 Å². The summed E-state index contributed by atoms with van der Waals surface area (Å²) in [5.74, 6) is -0.979. The molecule has 0 atom stereocenters.